The van der Waals surface area contributed by atoms with Gasteiger partial charge in [-0.1, -0.05) is 38.2 Å². The number of rotatable bonds is 8. The molecule has 0 spiro atoms. The van der Waals surface area contributed by atoms with E-state index in [0.717, 1.165) is 17.8 Å². The second kappa shape index (κ2) is 8.97. The number of nitrogens with one attached hydrogen (secondary N) is 1. The van der Waals surface area contributed by atoms with Gasteiger partial charge in [-0.2, -0.15) is 9.61 Å². The summed E-state index contributed by atoms with van der Waals surface area (Å²) in [6, 6.07) is 8.63. The number of anilines is 1. The van der Waals surface area contributed by atoms with Crippen molar-refractivity contribution in [3.05, 3.63) is 51.4 Å². The number of fused-ring (bicyclic) bond motifs is 1. The quantitative estimate of drug-likeness (QED) is 0.624. The minimum Gasteiger partial charge on any atom is -0.487 e. The Morgan fingerprint density at radius 1 is 1.32 bits per heavy atom. The van der Waals surface area contributed by atoms with Crippen LogP contribution in [0.5, 0.6) is 5.75 Å². The number of hydrogen-bond acceptors (Lipinski definition) is 6. The second-order valence-corrected chi connectivity index (χ2v) is 8.03. The Kier molecular flexibility index (Phi) is 6.41. The molecule has 0 aliphatic rings. The van der Waals surface area contributed by atoms with Gasteiger partial charge < -0.3 is 10.1 Å². The van der Waals surface area contributed by atoms with Crippen LogP contribution in [0, 0.1) is 5.92 Å². The number of ether oxygens (including phenoxy) is 1. The van der Waals surface area contributed by atoms with Crippen molar-refractivity contribution >= 4 is 27.9 Å². The van der Waals surface area contributed by atoms with Crippen LogP contribution in [0.15, 0.2) is 35.1 Å². The zero-order chi connectivity index (χ0) is 20.1. The van der Waals surface area contributed by atoms with E-state index >= 15 is 0 Å². The van der Waals surface area contributed by atoms with E-state index in [1.54, 1.807) is 12.1 Å². The van der Waals surface area contributed by atoms with Crippen molar-refractivity contribution in [1.29, 1.82) is 0 Å². The fourth-order valence-electron chi connectivity index (χ4n) is 2.69. The van der Waals surface area contributed by atoms with E-state index in [1.165, 1.54) is 21.9 Å². The normalized spacial score (nSPS) is 11.1. The molecule has 0 aliphatic heterocycles. The van der Waals surface area contributed by atoms with E-state index in [-0.39, 0.29) is 18.1 Å². The topological polar surface area (TPSA) is 85.6 Å². The van der Waals surface area contributed by atoms with Gasteiger partial charge in [-0.25, -0.2) is 4.98 Å². The molecule has 0 aliphatic carbocycles. The zero-order valence-electron chi connectivity index (χ0n) is 16.3. The van der Waals surface area contributed by atoms with Gasteiger partial charge in [-0.3, -0.25) is 9.59 Å². The molecule has 0 saturated carbocycles. The predicted molar refractivity (Wildman–Crippen MR) is 110 cm³/mol. The van der Waals surface area contributed by atoms with Crippen molar-refractivity contribution in [3.63, 3.8) is 0 Å². The zero-order valence-corrected chi connectivity index (χ0v) is 17.1. The van der Waals surface area contributed by atoms with Gasteiger partial charge in [0.25, 0.3) is 5.56 Å². The average molecular weight is 401 g/mol. The number of carbonyl (C=O) groups is 1. The number of carbonyl (C=O) groups excluding carboxylic acids is 1. The summed E-state index contributed by atoms with van der Waals surface area (Å²) in [7, 11) is 0. The van der Waals surface area contributed by atoms with Crippen LogP contribution in [0.25, 0.3) is 4.96 Å². The lowest BCUT2D eigenvalue weighted by molar-refractivity contribution is -0.116. The van der Waals surface area contributed by atoms with Crippen molar-refractivity contribution in [3.8, 4) is 5.75 Å². The largest absolute Gasteiger partial charge is 0.487 e. The fourth-order valence-corrected chi connectivity index (χ4v) is 3.71. The fraction of sp³-hybridized carbons (Fsp3) is 0.400. The number of amides is 1. The van der Waals surface area contributed by atoms with E-state index in [4.69, 9.17) is 4.74 Å². The maximum atomic E-state index is 12.3. The lowest BCUT2D eigenvalue weighted by atomic mass is 10.1. The minimum absolute atomic E-state index is 0.0274. The highest BCUT2D eigenvalue weighted by Gasteiger charge is 2.10. The molecule has 8 heteroatoms. The molecule has 3 aromatic rings. The Morgan fingerprint density at radius 3 is 2.89 bits per heavy atom. The Bertz CT molecular complexity index is 1030. The molecule has 2 aromatic heterocycles. The molecule has 7 nitrogen and oxygen atoms in total. The molecular formula is C20H24N4O3S. The van der Waals surface area contributed by atoms with Gasteiger partial charge >= 0.3 is 0 Å². The summed E-state index contributed by atoms with van der Waals surface area (Å²) < 4.78 is 7.11. The molecule has 1 N–H and O–H groups in total. The average Bonchev–Trinajstić information content (AvgIpc) is 3.03. The van der Waals surface area contributed by atoms with Crippen molar-refractivity contribution in [2.45, 2.75) is 46.6 Å². The third kappa shape index (κ3) is 5.16. The Balaban J connectivity index is 1.69. The molecule has 1 aromatic carbocycles. The lowest BCUT2D eigenvalue weighted by Crippen LogP contribution is -2.16. The number of aromatic nitrogens is 3. The highest BCUT2D eigenvalue weighted by Crippen LogP contribution is 2.19. The number of hydrogen-bond donors (Lipinski definition) is 1. The first-order chi connectivity index (χ1) is 13.4. The van der Waals surface area contributed by atoms with Gasteiger partial charge in [0.2, 0.25) is 10.9 Å². The van der Waals surface area contributed by atoms with E-state index < -0.39 is 0 Å². The molecule has 0 fully saturated rings. The molecule has 0 radical (unpaired) electrons. The Labute approximate surface area is 167 Å². The second-order valence-electron chi connectivity index (χ2n) is 6.99. The maximum Gasteiger partial charge on any atom is 0.275 e. The summed E-state index contributed by atoms with van der Waals surface area (Å²) in [5.41, 5.74) is 1.01. The molecule has 2 heterocycles. The van der Waals surface area contributed by atoms with Crippen LogP contribution in [-0.4, -0.2) is 20.5 Å². The van der Waals surface area contributed by atoms with Gasteiger partial charge in [0.1, 0.15) is 17.4 Å². The number of aryl methyl sites for hydroxylation is 1. The minimum atomic E-state index is -0.211. The van der Waals surface area contributed by atoms with Crippen LogP contribution >= 0.6 is 11.3 Å². The van der Waals surface area contributed by atoms with Gasteiger partial charge in [-0.05, 0) is 24.5 Å². The smallest absolute Gasteiger partial charge is 0.275 e. The van der Waals surface area contributed by atoms with E-state index in [2.05, 4.69) is 22.3 Å². The first-order valence-electron chi connectivity index (χ1n) is 9.36. The predicted octanol–water partition coefficient (Wildman–Crippen LogP) is 3.67. The summed E-state index contributed by atoms with van der Waals surface area (Å²) in [5, 5.41) is 8.06. The van der Waals surface area contributed by atoms with Crippen molar-refractivity contribution in [1.82, 2.24) is 14.6 Å². The number of nitrogens with zero attached hydrogens (tertiary/aromatic N) is 3. The van der Waals surface area contributed by atoms with Gasteiger partial charge in [-0.15, -0.1) is 0 Å². The molecule has 0 saturated heterocycles. The van der Waals surface area contributed by atoms with E-state index in [0.29, 0.717) is 34.4 Å². The first-order valence-corrected chi connectivity index (χ1v) is 10.2. The summed E-state index contributed by atoms with van der Waals surface area (Å²) in [6.45, 7) is 6.23. The maximum absolute atomic E-state index is 12.3. The highest BCUT2D eigenvalue weighted by molar-refractivity contribution is 7.16. The standard InChI is InChI=1S/C20H24N4O3S/c1-4-6-18-23-24-19(26)11-15(22-20(24)28-18)12-27-16-8-5-7-14(10-16)21-17(25)9-13(2)3/h5,7-8,10-11,13H,4,6,9,12H2,1-3H3,(H,21,25). The monoisotopic (exact) mass is 400 g/mol. The Morgan fingerprint density at radius 2 is 2.14 bits per heavy atom. The molecule has 3 rings (SSSR count). The molecule has 0 atom stereocenters. The Hall–Kier alpha value is -2.74. The first kappa shape index (κ1) is 20.0. The molecule has 28 heavy (non-hydrogen) atoms. The van der Waals surface area contributed by atoms with E-state index in [1.807, 2.05) is 26.0 Å². The van der Waals surface area contributed by atoms with Crippen molar-refractivity contribution in [2.24, 2.45) is 5.92 Å². The summed E-state index contributed by atoms with van der Waals surface area (Å²) in [6.07, 6.45) is 2.26. The summed E-state index contributed by atoms with van der Waals surface area (Å²) in [4.78, 5) is 29.2. The summed E-state index contributed by atoms with van der Waals surface area (Å²) >= 11 is 1.42. The molecule has 1 amide bonds. The summed E-state index contributed by atoms with van der Waals surface area (Å²) in [5.74, 6) is 0.866. The third-order valence-electron chi connectivity index (χ3n) is 3.90. The molecule has 0 unspecified atom stereocenters. The van der Waals surface area contributed by atoms with Crippen LogP contribution in [0.2, 0.25) is 0 Å². The number of benzene rings is 1. The lowest BCUT2D eigenvalue weighted by Gasteiger charge is -2.10. The van der Waals surface area contributed by atoms with Crippen LogP contribution in [0.1, 0.15) is 44.3 Å². The van der Waals surface area contributed by atoms with Crippen molar-refractivity contribution < 1.29 is 9.53 Å². The van der Waals surface area contributed by atoms with E-state index in [9.17, 15) is 9.59 Å². The van der Waals surface area contributed by atoms with Crippen LogP contribution in [0.4, 0.5) is 5.69 Å². The third-order valence-corrected chi connectivity index (χ3v) is 4.87. The SMILES string of the molecule is CCCc1nn2c(=O)cc(COc3cccc(NC(=O)CC(C)C)c3)nc2s1. The van der Waals surface area contributed by atoms with Crippen LogP contribution < -0.4 is 15.6 Å². The molecule has 148 valence electrons. The van der Waals surface area contributed by atoms with Crippen LogP contribution in [-0.2, 0) is 17.8 Å². The van der Waals surface area contributed by atoms with Crippen LogP contribution in [0.3, 0.4) is 0 Å². The van der Waals surface area contributed by atoms with Gasteiger partial charge in [0, 0.05) is 30.7 Å². The van der Waals surface area contributed by atoms with Gasteiger partial charge in [0.15, 0.2) is 0 Å². The molecular weight excluding hydrogens is 376 g/mol. The van der Waals surface area contributed by atoms with Gasteiger partial charge in [0.05, 0.1) is 5.69 Å². The van der Waals surface area contributed by atoms with Crippen molar-refractivity contribution in [2.75, 3.05) is 5.32 Å². The highest BCUT2D eigenvalue weighted by atomic mass is 32.1. The molecule has 0 bridgehead atoms.